The van der Waals surface area contributed by atoms with Gasteiger partial charge < -0.3 is 30.4 Å². The SMILES string of the molecule is COc1c(-c2ccc(CN)cc2)cccc1S(=O)(=O)N1CCC2(CC1)CC(NCC(O)COc1cccc(S(=O)(=O)C3CC3)c1)CO2. The lowest BCUT2D eigenvalue weighted by Gasteiger charge is -2.38. The second-order valence-electron chi connectivity index (χ2n) is 12.6. The van der Waals surface area contributed by atoms with Gasteiger partial charge in [-0.05, 0) is 67.5 Å². The molecule has 4 N–H and O–H groups in total. The number of sulfonamides is 1. The molecule has 0 amide bonds. The van der Waals surface area contributed by atoms with E-state index < -0.39 is 31.6 Å². The van der Waals surface area contributed by atoms with Gasteiger partial charge in [0.15, 0.2) is 9.84 Å². The van der Waals surface area contributed by atoms with Crippen molar-refractivity contribution in [1.82, 2.24) is 9.62 Å². The van der Waals surface area contributed by atoms with Gasteiger partial charge in [0.05, 0.1) is 29.5 Å². The van der Waals surface area contributed by atoms with Gasteiger partial charge in [0.25, 0.3) is 0 Å². The van der Waals surface area contributed by atoms with Crippen LogP contribution < -0.4 is 20.5 Å². The number of ether oxygens (including phenoxy) is 3. The van der Waals surface area contributed by atoms with Crippen LogP contribution in [-0.4, -0.2) is 89.2 Å². The van der Waals surface area contributed by atoms with Crippen LogP contribution in [0.4, 0.5) is 0 Å². The Bertz CT molecular complexity index is 1770. The molecule has 0 radical (unpaired) electrons. The number of rotatable bonds is 13. The van der Waals surface area contributed by atoms with Crippen LogP contribution >= 0.6 is 0 Å². The molecule has 1 spiro atoms. The predicted octanol–water partition coefficient (Wildman–Crippen LogP) is 3.10. The highest BCUT2D eigenvalue weighted by atomic mass is 32.2. The first kappa shape index (κ1) is 33.8. The number of aliphatic hydroxyl groups excluding tert-OH is 1. The Morgan fingerprint density at radius 1 is 1.04 bits per heavy atom. The van der Waals surface area contributed by atoms with Gasteiger partial charge >= 0.3 is 0 Å². The summed E-state index contributed by atoms with van der Waals surface area (Å²) in [5.74, 6) is 0.717. The van der Waals surface area contributed by atoms with Crippen LogP contribution in [0.25, 0.3) is 11.1 Å². The molecule has 254 valence electrons. The lowest BCUT2D eigenvalue weighted by molar-refractivity contribution is -0.0312. The van der Waals surface area contributed by atoms with Crippen molar-refractivity contribution >= 4 is 19.9 Å². The van der Waals surface area contributed by atoms with Crippen molar-refractivity contribution in [3.63, 3.8) is 0 Å². The van der Waals surface area contributed by atoms with E-state index in [1.54, 1.807) is 30.3 Å². The molecule has 3 aromatic carbocycles. The zero-order valence-electron chi connectivity index (χ0n) is 26.5. The Labute approximate surface area is 277 Å². The molecule has 6 rings (SSSR count). The van der Waals surface area contributed by atoms with Gasteiger partial charge in [-0.2, -0.15) is 4.31 Å². The van der Waals surface area contributed by atoms with E-state index >= 15 is 0 Å². The fourth-order valence-electron chi connectivity index (χ4n) is 6.44. The van der Waals surface area contributed by atoms with Crippen LogP contribution in [0.3, 0.4) is 0 Å². The van der Waals surface area contributed by atoms with Gasteiger partial charge in [-0.3, -0.25) is 0 Å². The molecule has 13 heteroatoms. The molecule has 3 aliphatic rings. The predicted molar refractivity (Wildman–Crippen MR) is 178 cm³/mol. The maximum Gasteiger partial charge on any atom is 0.246 e. The standard InChI is InChI=1S/C34H43N3O8S2/c1-43-33-31(25-10-8-24(20-35)9-11-25)6-3-7-32(33)47(41,42)37-16-14-34(15-17-37)19-26(22-45-34)36-21-27(38)23-44-28-4-2-5-30(18-28)46(39,40)29-12-13-29/h2-11,18,26-27,29,36,38H,12-17,19-23,35H2,1H3. The summed E-state index contributed by atoms with van der Waals surface area (Å²) >= 11 is 0. The van der Waals surface area contributed by atoms with E-state index in [9.17, 15) is 21.9 Å². The minimum Gasteiger partial charge on any atom is -0.495 e. The summed E-state index contributed by atoms with van der Waals surface area (Å²) in [6, 6.07) is 19.3. The van der Waals surface area contributed by atoms with Crippen LogP contribution in [0.15, 0.2) is 76.5 Å². The van der Waals surface area contributed by atoms with E-state index in [1.807, 2.05) is 30.3 Å². The average Bonchev–Trinajstić information content (AvgIpc) is 3.89. The molecular formula is C34H43N3O8S2. The Morgan fingerprint density at radius 3 is 2.45 bits per heavy atom. The monoisotopic (exact) mass is 685 g/mol. The van der Waals surface area contributed by atoms with Crippen LogP contribution in [0.5, 0.6) is 11.5 Å². The third kappa shape index (κ3) is 7.36. The summed E-state index contributed by atoms with van der Waals surface area (Å²) in [5.41, 5.74) is 7.82. The second kappa shape index (κ2) is 13.8. The number of benzene rings is 3. The highest BCUT2D eigenvalue weighted by molar-refractivity contribution is 7.92. The molecule has 2 saturated heterocycles. The van der Waals surface area contributed by atoms with Gasteiger partial charge in [-0.1, -0.05) is 42.5 Å². The Balaban J connectivity index is 1.01. The molecule has 1 saturated carbocycles. The minimum atomic E-state index is -3.83. The molecule has 2 aliphatic heterocycles. The molecule has 47 heavy (non-hydrogen) atoms. The highest BCUT2D eigenvalue weighted by Gasteiger charge is 2.45. The number of para-hydroxylation sites is 1. The number of nitrogens with zero attached hydrogens (tertiary/aromatic N) is 1. The molecule has 3 fully saturated rings. The number of methoxy groups -OCH3 is 1. The Kier molecular flexibility index (Phi) is 9.96. The lowest BCUT2D eigenvalue weighted by atomic mass is 9.88. The second-order valence-corrected chi connectivity index (χ2v) is 16.8. The topological polar surface area (TPSA) is 157 Å². The Hall–Kier alpha value is -3.04. The molecule has 2 atom stereocenters. The zero-order chi connectivity index (χ0) is 33.2. The van der Waals surface area contributed by atoms with Gasteiger partial charge in [0.2, 0.25) is 10.0 Å². The number of hydrogen-bond acceptors (Lipinski definition) is 10. The van der Waals surface area contributed by atoms with Crippen molar-refractivity contribution in [2.24, 2.45) is 5.73 Å². The van der Waals surface area contributed by atoms with Crippen LogP contribution in [-0.2, 0) is 31.1 Å². The number of aliphatic hydroxyl groups is 1. The number of sulfone groups is 1. The smallest absolute Gasteiger partial charge is 0.246 e. The molecule has 11 nitrogen and oxygen atoms in total. The van der Waals surface area contributed by atoms with Crippen LogP contribution in [0.2, 0.25) is 0 Å². The van der Waals surface area contributed by atoms with Gasteiger partial charge in [0.1, 0.15) is 29.1 Å². The van der Waals surface area contributed by atoms with Crippen molar-refractivity contribution in [3.8, 4) is 22.6 Å². The average molecular weight is 686 g/mol. The number of nitrogens with two attached hydrogens (primary N) is 1. The van der Waals surface area contributed by atoms with Crippen molar-refractivity contribution < 1.29 is 36.2 Å². The fraction of sp³-hybridized carbons (Fsp3) is 0.471. The summed E-state index contributed by atoms with van der Waals surface area (Å²) in [6.07, 6.45) is 2.38. The summed E-state index contributed by atoms with van der Waals surface area (Å²) in [4.78, 5) is 0.384. The van der Waals surface area contributed by atoms with E-state index in [0.717, 1.165) is 11.1 Å². The molecule has 0 bridgehead atoms. The third-order valence-electron chi connectivity index (χ3n) is 9.33. The molecule has 1 aliphatic carbocycles. The quantitative estimate of drug-likeness (QED) is 0.244. The molecule has 0 aromatic heterocycles. The van der Waals surface area contributed by atoms with E-state index in [2.05, 4.69) is 5.32 Å². The zero-order valence-corrected chi connectivity index (χ0v) is 28.1. The van der Waals surface area contributed by atoms with E-state index in [4.69, 9.17) is 19.9 Å². The number of piperidine rings is 1. The van der Waals surface area contributed by atoms with Crippen molar-refractivity contribution in [3.05, 3.63) is 72.3 Å². The van der Waals surface area contributed by atoms with Crippen LogP contribution in [0.1, 0.15) is 37.7 Å². The summed E-state index contributed by atoms with van der Waals surface area (Å²) in [5, 5.41) is 13.6. The van der Waals surface area contributed by atoms with E-state index in [1.165, 1.54) is 17.5 Å². The van der Waals surface area contributed by atoms with E-state index in [0.29, 0.717) is 75.4 Å². The molecular weight excluding hydrogens is 643 g/mol. The van der Waals surface area contributed by atoms with Crippen molar-refractivity contribution in [1.29, 1.82) is 0 Å². The normalized spacial score (nSPS) is 20.7. The molecule has 2 heterocycles. The first-order chi connectivity index (χ1) is 22.5. The van der Waals surface area contributed by atoms with Gasteiger partial charge in [-0.25, -0.2) is 16.8 Å². The molecule has 2 unspecified atom stereocenters. The molecule has 3 aromatic rings. The largest absolute Gasteiger partial charge is 0.495 e. The fourth-order valence-corrected chi connectivity index (χ4v) is 9.75. The highest BCUT2D eigenvalue weighted by Crippen LogP contribution is 2.41. The van der Waals surface area contributed by atoms with Gasteiger partial charge in [0, 0.05) is 37.8 Å². The number of hydrogen-bond donors (Lipinski definition) is 3. The summed E-state index contributed by atoms with van der Waals surface area (Å²) < 4.78 is 71.9. The third-order valence-corrected chi connectivity index (χ3v) is 13.5. The maximum absolute atomic E-state index is 13.9. The lowest BCUT2D eigenvalue weighted by Crippen LogP contribution is -2.47. The summed E-state index contributed by atoms with van der Waals surface area (Å²) in [7, 11) is -5.67. The maximum atomic E-state index is 13.9. The van der Waals surface area contributed by atoms with Crippen LogP contribution in [0, 0.1) is 0 Å². The summed E-state index contributed by atoms with van der Waals surface area (Å²) in [6.45, 7) is 1.80. The van der Waals surface area contributed by atoms with Crippen molar-refractivity contribution in [2.45, 2.75) is 71.4 Å². The van der Waals surface area contributed by atoms with Crippen molar-refractivity contribution in [2.75, 3.05) is 40.0 Å². The Morgan fingerprint density at radius 2 is 1.77 bits per heavy atom. The van der Waals surface area contributed by atoms with E-state index in [-0.39, 0.29) is 34.2 Å². The number of nitrogens with one attached hydrogen (secondary N) is 1. The minimum absolute atomic E-state index is 0.00209. The first-order valence-electron chi connectivity index (χ1n) is 16.0. The van der Waals surface area contributed by atoms with Gasteiger partial charge in [-0.15, -0.1) is 0 Å². The first-order valence-corrected chi connectivity index (χ1v) is 19.0.